The van der Waals surface area contributed by atoms with Crippen molar-refractivity contribution in [2.45, 2.75) is 57.7 Å². The summed E-state index contributed by atoms with van der Waals surface area (Å²) in [5, 5.41) is 9.25. The molecule has 2 fully saturated rings. The SMILES string of the molecule is Cc1cn2nc(-c3cc(F)c4nc(N(C)C5CC6CCC(C5)N6)sc4c3)cc(C)c2n1. The van der Waals surface area contributed by atoms with Gasteiger partial charge in [0, 0.05) is 30.7 Å². The van der Waals surface area contributed by atoms with Crippen LogP contribution in [0.15, 0.2) is 24.4 Å². The third kappa shape index (κ3) is 3.20. The number of nitrogens with zero attached hydrogens (tertiary/aromatic N) is 5. The van der Waals surface area contributed by atoms with E-state index in [0.717, 1.165) is 50.8 Å². The average Bonchev–Trinajstić information content (AvgIpc) is 3.43. The second-order valence-corrected chi connectivity index (χ2v) is 10.0. The number of thiazole rings is 1. The first kappa shape index (κ1) is 19.1. The Kier molecular flexibility index (Phi) is 4.30. The van der Waals surface area contributed by atoms with E-state index in [0.29, 0.717) is 23.6 Å². The van der Waals surface area contributed by atoms with Crippen molar-refractivity contribution in [3.8, 4) is 11.3 Å². The lowest BCUT2D eigenvalue weighted by molar-refractivity contribution is 0.354. The van der Waals surface area contributed by atoms with Gasteiger partial charge >= 0.3 is 0 Å². The normalized spacial score (nSPS) is 23.2. The molecule has 0 saturated carbocycles. The summed E-state index contributed by atoms with van der Waals surface area (Å²) in [5.74, 6) is -0.296. The molecule has 31 heavy (non-hydrogen) atoms. The molecule has 6 rings (SSSR count). The van der Waals surface area contributed by atoms with Crippen molar-refractivity contribution >= 4 is 32.3 Å². The van der Waals surface area contributed by atoms with Gasteiger partial charge in [0.1, 0.15) is 5.52 Å². The summed E-state index contributed by atoms with van der Waals surface area (Å²) in [5.41, 5.74) is 4.71. The minimum Gasteiger partial charge on any atom is -0.348 e. The number of hydrogen-bond acceptors (Lipinski definition) is 6. The third-order valence-electron chi connectivity index (χ3n) is 6.76. The Morgan fingerprint density at radius 3 is 2.68 bits per heavy atom. The Balaban J connectivity index is 1.37. The zero-order chi connectivity index (χ0) is 21.3. The molecule has 4 aromatic rings. The van der Waals surface area contributed by atoms with Crippen LogP contribution in [0.4, 0.5) is 9.52 Å². The predicted octanol–water partition coefficient (Wildman–Crippen LogP) is 4.48. The van der Waals surface area contributed by atoms with Crippen molar-refractivity contribution in [3.63, 3.8) is 0 Å². The molecule has 0 aliphatic carbocycles. The molecule has 3 aromatic heterocycles. The molecule has 6 nitrogen and oxygen atoms in total. The van der Waals surface area contributed by atoms with Crippen LogP contribution in [0.1, 0.15) is 36.9 Å². The number of aromatic nitrogens is 4. The Labute approximate surface area is 184 Å². The minimum absolute atomic E-state index is 0.296. The molecule has 2 unspecified atom stereocenters. The number of piperidine rings is 1. The molecule has 8 heteroatoms. The average molecular weight is 437 g/mol. The summed E-state index contributed by atoms with van der Waals surface area (Å²) in [7, 11) is 2.10. The Hall–Kier alpha value is -2.58. The molecule has 2 aliphatic rings. The van der Waals surface area contributed by atoms with Crippen molar-refractivity contribution in [3.05, 3.63) is 41.5 Å². The van der Waals surface area contributed by atoms with Gasteiger partial charge < -0.3 is 10.2 Å². The first-order chi connectivity index (χ1) is 14.9. The molecule has 1 N–H and O–H groups in total. The van der Waals surface area contributed by atoms with Crippen LogP contribution in [0.3, 0.4) is 0 Å². The van der Waals surface area contributed by atoms with Gasteiger partial charge in [-0.25, -0.2) is 18.9 Å². The van der Waals surface area contributed by atoms with Gasteiger partial charge in [-0.05, 0) is 63.3 Å². The van der Waals surface area contributed by atoms with E-state index in [2.05, 4.69) is 32.3 Å². The van der Waals surface area contributed by atoms with E-state index in [1.807, 2.05) is 32.2 Å². The van der Waals surface area contributed by atoms with Gasteiger partial charge in [-0.1, -0.05) is 11.3 Å². The summed E-state index contributed by atoms with van der Waals surface area (Å²) < 4.78 is 17.7. The number of rotatable bonds is 3. The monoisotopic (exact) mass is 436 g/mol. The summed E-state index contributed by atoms with van der Waals surface area (Å²) in [4.78, 5) is 11.4. The quantitative estimate of drug-likeness (QED) is 0.513. The molecular weight excluding hydrogens is 411 g/mol. The van der Waals surface area contributed by atoms with E-state index in [1.54, 1.807) is 21.9 Å². The van der Waals surface area contributed by atoms with E-state index in [9.17, 15) is 0 Å². The maximum absolute atomic E-state index is 15.1. The molecule has 1 aromatic carbocycles. The fourth-order valence-corrected chi connectivity index (χ4v) is 6.21. The molecule has 2 atom stereocenters. The van der Waals surface area contributed by atoms with Gasteiger partial charge in [-0.15, -0.1) is 0 Å². The second-order valence-electron chi connectivity index (χ2n) is 9.04. The maximum atomic E-state index is 15.1. The highest BCUT2D eigenvalue weighted by Gasteiger charge is 2.36. The molecule has 0 spiro atoms. The topological polar surface area (TPSA) is 58.4 Å². The fraction of sp³-hybridized carbons (Fsp3) is 0.435. The Bertz CT molecular complexity index is 1300. The number of nitrogens with one attached hydrogen (secondary N) is 1. The van der Waals surface area contributed by atoms with Crippen LogP contribution >= 0.6 is 11.3 Å². The van der Waals surface area contributed by atoms with Crippen LogP contribution in [0, 0.1) is 19.7 Å². The molecule has 2 saturated heterocycles. The highest BCUT2D eigenvalue weighted by molar-refractivity contribution is 7.22. The number of fused-ring (bicyclic) bond motifs is 4. The van der Waals surface area contributed by atoms with E-state index < -0.39 is 0 Å². The van der Waals surface area contributed by atoms with Crippen molar-refractivity contribution in [2.75, 3.05) is 11.9 Å². The van der Waals surface area contributed by atoms with Gasteiger partial charge in [-0.2, -0.15) is 5.10 Å². The fourth-order valence-electron chi connectivity index (χ4n) is 5.16. The second kappa shape index (κ2) is 6.97. The molecule has 160 valence electrons. The van der Waals surface area contributed by atoms with Crippen LogP contribution < -0.4 is 10.2 Å². The van der Waals surface area contributed by atoms with Crippen molar-refractivity contribution in [1.29, 1.82) is 0 Å². The summed E-state index contributed by atoms with van der Waals surface area (Å²) in [6.07, 6.45) is 6.68. The van der Waals surface area contributed by atoms with Crippen molar-refractivity contribution < 1.29 is 4.39 Å². The largest absolute Gasteiger partial charge is 0.348 e. The van der Waals surface area contributed by atoms with Crippen molar-refractivity contribution in [1.82, 2.24) is 24.9 Å². The van der Waals surface area contributed by atoms with E-state index in [1.165, 1.54) is 12.8 Å². The van der Waals surface area contributed by atoms with E-state index in [4.69, 9.17) is 0 Å². The number of hydrogen-bond donors (Lipinski definition) is 1. The Morgan fingerprint density at radius 1 is 1.13 bits per heavy atom. The molecule has 2 bridgehead atoms. The van der Waals surface area contributed by atoms with Gasteiger partial charge in [0.15, 0.2) is 16.6 Å². The van der Waals surface area contributed by atoms with Crippen LogP contribution in [0.5, 0.6) is 0 Å². The van der Waals surface area contributed by atoms with Crippen LogP contribution in [0.25, 0.3) is 27.1 Å². The molecular formula is C23H25FN6S. The highest BCUT2D eigenvalue weighted by Crippen LogP contribution is 2.37. The highest BCUT2D eigenvalue weighted by atomic mass is 32.1. The third-order valence-corrected chi connectivity index (χ3v) is 7.85. The number of imidazole rings is 1. The lowest BCUT2D eigenvalue weighted by atomic mass is 9.99. The number of anilines is 1. The predicted molar refractivity (Wildman–Crippen MR) is 122 cm³/mol. The summed E-state index contributed by atoms with van der Waals surface area (Å²) in [6.45, 7) is 3.95. The minimum atomic E-state index is -0.296. The van der Waals surface area contributed by atoms with Gasteiger partial charge in [0.2, 0.25) is 0 Å². The zero-order valence-electron chi connectivity index (χ0n) is 17.9. The first-order valence-corrected chi connectivity index (χ1v) is 11.7. The van der Waals surface area contributed by atoms with Gasteiger partial charge in [0.25, 0.3) is 0 Å². The first-order valence-electron chi connectivity index (χ1n) is 10.9. The van der Waals surface area contributed by atoms with Gasteiger partial charge in [0.05, 0.1) is 22.3 Å². The summed E-state index contributed by atoms with van der Waals surface area (Å²) >= 11 is 1.56. The Morgan fingerprint density at radius 2 is 1.90 bits per heavy atom. The van der Waals surface area contributed by atoms with Crippen LogP contribution in [-0.4, -0.2) is 44.8 Å². The van der Waals surface area contributed by atoms with Crippen LogP contribution in [0.2, 0.25) is 0 Å². The smallest absolute Gasteiger partial charge is 0.186 e. The summed E-state index contributed by atoms with van der Waals surface area (Å²) in [6, 6.07) is 7.21. The molecule has 5 heterocycles. The lowest BCUT2D eigenvalue weighted by Crippen LogP contribution is -2.47. The van der Waals surface area contributed by atoms with Gasteiger partial charge in [-0.3, -0.25) is 0 Å². The number of benzene rings is 1. The zero-order valence-corrected chi connectivity index (χ0v) is 18.7. The molecule has 2 aliphatic heterocycles. The van der Waals surface area contributed by atoms with E-state index in [-0.39, 0.29) is 5.82 Å². The number of aryl methyl sites for hydroxylation is 2. The van der Waals surface area contributed by atoms with Crippen molar-refractivity contribution in [2.24, 2.45) is 0 Å². The maximum Gasteiger partial charge on any atom is 0.186 e. The molecule has 0 amide bonds. The van der Waals surface area contributed by atoms with E-state index >= 15 is 4.39 Å². The van der Waals surface area contributed by atoms with Crippen LogP contribution in [-0.2, 0) is 0 Å². The number of halogens is 1. The standard InChI is InChI=1S/C23H25FN6S/c1-12-6-19(28-30-11-13(2)25-22(12)30)14-7-18(24)21-20(8-14)31-23(27-21)29(3)17-9-15-4-5-16(10-17)26-15/h6-8,11,15-17,26H,4-5,9-10H2,1-3H3. The molecule has 0 radical (unpaired) electrons. The lowest BCUT2D eigenvalue weighted by Gasteiger charge is -2.35.